The summed E-state index contributed by atoms with van der Waals surface area (Å²) in [5.41, 5.74) is -0.514. The van der Waals surface area contributed by atoms with Crippen molar-refractivity contribution in [2.75, 3.05) is 5.32 Å². The quantitative estimate of drug-likeness (QED) is 0.475. The Morgan fingerprint density at radius 2 is 1.62 bits per heavy atom. The molecule has 0 saturated carbocycles. The molecule has 0 aliphatic carbocycles. The molecule has 1 N–H and O–H groups in total. The molecule has 0 bridgehead atoms. The standard InChI is InChI=1S/C12H8BrN3O4S/c13-7-4-5-11(21)8(6-7)14-12-9(15(17)18)2-1-3-10(12)16(19)20/h1-6,14,21H. The molecular formula is C12H8BrN3O4S. The number of hydrogen-bond acceptors (Lipinski definition) is 6. The first-order chi connectivity index (χ1) is 9.90. The van der Waals surface area contributed by atoms with Crippen molar-refractivity contribution in [1.29, 1.82) is 0 Å². The van der Waals surface area contributed by atoms with E-state index in [1.807, 2.05) is 0 Å². The minimum atomic E-state index is -0.675. The summed E-state index contributed by atoms with van der Waals surface area (Å²) in [6.45, 7) is 0. The number of thiol groups is 1. The zero-order valence-electron chi connectivity index (χ0n) is 10.3. The van der Waals surface area contributed by atoms with Gasteiger partial charge in [-0.25, -0.2) is 0 Å². The van der Waals surface area contributed by atoms with Gasteiger partial charge in [0.15, 0.2) is 5.69 Å². The third kappa shape index (κ3) is 3.31. The Bertz CT molecular complexity index is 706. The van der Waals surface area contributed by atoms with Gasteiger partial charge >= 0.3 is 0 Å². The van der Waals surface area contributed by atoms with E-state index in [0.29, 0.717) is 15.1 Å². The summed E-state index contributed by atoms with van der Waals surface area (Å²) >= 11 is 7.49. The summed E-state index contributed by atoms with van der Waals surface area (Å²) in [5.74, 6) is 0. The van der Waals surface area contributed by atoms with E-state index in [1.165, 1.54) is 18.2 Å². The molecular weight excluding hydrogens is 362 g/mol. The number of nitrogens with zero attached hydrogens (tertiary/aromatic N) is 2. The lowest BCUT2D eigenvalue weighted by molar-refractivity contribution is -0.392. The third-order valence-corrected chi connectivity index (χ3v) is 3.52. The average molecular weight is 370 g/mol. The van der Waals surface area contributed by atoms with Crippen LogP contribution in [0.15, 0.2) is 45.8 Å². The van der Waals surface area contributed by atoms with Crippen molar-refractivity contribution < 1.29 is 9.85 Å². The summed E-state index contributed by atoms with van der Waals surface area (Å²) < 4.78 is 0.712. The Labute approximate surface area is 132 Å². The molecule has 9 heteroatoms. The van der Waals surface area contributed by atoms with E-state index >= 15 is 0 Å². The van der Waals surface area contributed by atoms with Gasteiger partial charge in [-0.1, -0.05) is 15.9 Å². The van der Waals surface area contributed by atoms with Gasteiger partial charge in [0.05, 0.1) is 15.5 Å². The zero-order valence-corrected chi connectivity index (χ0v) is 12.8. The van der Waals surface area contributed by atoms with Crippen LogP contribution < -0.4 is 5.32 Å². The second-order valence-corrected chi connectivity index (χ2v) is 5.37. The van der Waals surface area contributed by atoms with Gasteiger partial charge in [-0.05, 0) is 24.3 Å². The fourth-order valence-electron chi connectivity index (χ4n) is 1.70. The molecule has 0 saturated heterocycles. The molecule has 0 amide bonds. The predicted octanol–water partition coefficient (Wildman–Crippen LogP) is 4.30. The lowest BCUT2D eigenvalue weighted by atomic mass is 10.2. The summed E-state index contributed by atoms with van der Waals surface area (Å²) in [6, 6.07) is 8.70. The van der Waals surface area contributed by atoms with Crippen LogP contribution in [0.5, 0.6) is 0 Å². The fourth-order valence-corrected chi connectivity index (χ4v) is 2.26. The summed E-state index contributed by atoms with van der Waals surface area (Å²) in [4.78, 5) is 21.3. The number of anilines is 2. The average Bonchev–Trinajstić information content (AvgIpc) is 2.42. The van der Waals surface area contributed by atoms with Crippen LogP contribution in [0.3, 0.4) is 0 Å². The number of benzene rings is 2. The van der Waals surface area contributed by atoms with Gasteiger partial charge < -0.3 is 5.32 Å². The van der Waals surface area contributed by atoms with Crippen LogP contribution in [0.2, 0.25) is 0 Å². The molecule has 2 aromatic carbocycles. The van der Waals surface area contributed by atoms with Crippen LogP contribution in [-0.4, -0.2) is 9.85 Å². The number of hydrogen-bond donors (Lipinski definition) is 2. The normalized spacial score (nSPS) is 10.2. The molecule has 0 aliphatic heterocycles. The topological polar surface area (TPSA) is 98.3 Å². The molecule has 0 fully saturated rings. The highest BCUT2D eigenvalue weighted by Gasteiger charge is 2.25. The predicted molar refractivity (Wildman–Crippen MR) is 84.4 cm³/mol. The SMILES string of the molecule is O=[N+]([O-])c1cccc([N+](=O)[O-])c1Nc1cc(Br)ccc1S. The molecule has 7 nitrogen and oxygen atoms in total. The molecule has 21 heavy (non-hydrogen) atoms. The van der Waals surface area contributed by atoms with E-state index in [4.69, 9.17) is 0 Å². The maximum atomic E-state index is 11.1. The zero-order chi connectivity index (χ0) is 15.6. The number of halogens is 1. The van der Waals surface area contributed by atoms with Crippen LogP contribution in [-0.2, 0) is 0 Å². The van der Waals surface area contributed by atoms with E-state index in [9.17, 15) is 20.2 Å². The maximum absolute atomic E-state index is 11.1. The van der Waals surface area contributed by atoms with Crippen molar-refractivity contribution in [3.63, 3.8) is 0 Å². The van der Waals surface area contributed by atoms with Crippen LogP contribution in [0.25, 0.3) is 0 Å². The first-order valence-electron chi connectivity index (χ1n) is 5.57. The highest BCUT2D eigenvalue weighted by atomic mass is 79.9. The van der Waals surface area contributed by atoms with E-state index < -0.39 is 9.85 Å². The first kappa shape index (κ1) is 15.3. The van der Waals surface area contributed by atoms with Crippen molar-refractivity contribution in [2.45, 2.75) is 4.90 Å². The Morgan fingerprint density at radius 1 is 1.05 bits per heavy atom. The highest BCUT2D eigenvalue weighted by molar-refractivity contribution is 9.10. The van der Waals surface area contributed by atoms with Crippen LogP contribution in [0.1, 0.15) is 0 Å². The van der Waals surface area contributed by atoms with Crippen molar-refractivity contribution in [3.8, 4) is 0 Å². The molecule has 2 rings (SSSR count). The maximum Gasteiger partial charge on any atom is 0.299 e. The number of nitro benzene ring substituents is 2. The monoisotopic (exact) mass is 369 g/mol. The second-order valence-electron chi connectivity index (χ2n) is 3.97. The van der Waals surface area contributed by atoms with Gasteiger partial charge in [-0.15, -0.1) is 12.6 Å². The Kier molecular flexibility index (Phi) is 4.43. The minimum absolute atomic E-state index is 0.180. The molecule has 0 spiro atoms. The van der Waals surface area contributed by atoms with Crippen LogP contribution >= 0.6 is 28.6 Å². The molecule has 0 heterocycles. The highest BCUT2D eigenvalue weighted by Crippen LogP contribution is 2.38. The summed E-state index contributed by atoms with van der Waals surface area (Å²) in [6.07, 6.45) is 0. The molecule has 2 aromatic rings. The molecule has 0 radical (unpaired) electrons. The van der Waals surface area contributed by atoms with E-state index in [0.717, 1.165) is 0 Å². The molecule has 0 aromatic heterocycles. The van der Waals surface area contributed by atoms with E-state index in [-0.39, 0.29) is 17.1 Å². The van der Waals surface area contributed by atoms with E-state index in [2.05, 4.69) is 33.9 Å². The van der Waals surface area contributed by atoms with E-state index in [1.54, 1.807) is 18.2 Å². The number of para-hydroxylation sites is 1. The van der Waals surface area contributed by atoms with Gasteiger partial charge in [0.2, 0.25) is 0 Å². The largest absolute Gasteiger partial charge is 0.343 e. The van der Waals surface area contributed by atoms with Gasteiger partial charge in [0.25, 0.3) is 11.4 Å². The smallest absolute Gasteiger partial charge is 0.299 e. The van der Waals surface area contributed by atoms with Gasteiger partial charge in [0, 0.05) is 21.5 Å². The molecule has 108 valence electrons. The van der Waals surface area contributed by atoms with Crippen molar-refractivity contribution >= 4 is 51.3 Å². The Morgan fingerprint density at radius 3 is 2.14 bits per heavy atom. The minimum Gasteiger partial charge on any atom is -0.343 e. The second kappa shape index (κ2) is 6.10. The van der Waals surface area contributed by atoms with Gasteiger partial charge in [0.1, 0.15) is 0 Å². The number of rotatable bonds is 4. The summed E-state index contributed by atoms with van der Waals surface area (Å²) in [5, 5.41) is 24.8. The van der Waals surface area contributed by atoms with Gasteiger partial charge in [-0.2, -0.15) is 0 Å². The Balaban J connectivity index is 2.59. The van der Waals surface area contributed by atoms with Crippen LogP contribution in [0, 0.1) is 20.2 Å². The number of nitro groups is 2. The lowest BCUT2D eigenvalue weighted by Gasteiger charge is -2.10. The number of nitrogens with one attached hydrogen (secondary N) is 1. The van der Waals surface area contributed by atoms with Crippen molar-refractivity contribution in [1.82, 2.24) is 0 Å². The molecule has 0 atom stereocenters. The van der Waals surface area contributed by atoms with Crippen molar-refractivity contribution in [2.24, 2.45) is 0 Å². The fraction of sp³-hybridized carbons (Fsp3) is 0. The summed E-state index contributed by atoms with van der Waals surface area (Å²) in [7, 11) is 0. The van der Waals surface area contributed by atoms with Gasteiger partial charge in [-0.3, -0.25) is 20.2 Å². The third-order valence-electron chi connectivity index (χ3n) is 2.63. The molecule has 0 unspecified atom stereocenters. The molecule has 0 aliphatic rings. The van der Waals surface area contributed by atoms with Crippen molar-refractivity contribution in [3.05, 3.63) is 61.1 Å². The first-order valence-corrected chi connectivity index (χ1v) is 6.81. The lowest BCUT2D eigenvalue weighted by Crippen LogP contribution is -2.02. The Hall–Kier alpha value is -2.13. The van der Waals surface area contributed by atoms with Crippen LogP contribution in [0.4, 0.5) is 22.7 Å².